The number of nitrogens with zero attached hydrogens (tertiary/aromatic N) is 2. The van der Waals surface area contributed by atoms with Gasteiger partial charge in [0.25, 0.3) is 11.6 Å². The molecule has 1 saturated carbocycles. The van der Waals surface area contributed by atoms with E-state index in [1.54, 1.807) is 30.3 Å². The average Bonchev–Trinajstić information content (AvgIpc) is 3.00. The number of carbonyl (C=O) groups excluding carboxylic acids is 1. The van der Waals surface area contributed by atoms with E-state index in [0.29, 0.717) is 18.6 Å². The number of rotatable bonds is 5. The van der Waals surface area contributed by atoms with Crippen LogP contribution >= 0.6 is 0 Å². The van der Waals surface area contributed by atoms with Crippen LogP contribution in [0, 0.1) is 17.3 Å². The van der Waals surface area contributed by atoms with Crippen molar-refractivity contribution in [2.24, 2.45) is 22.4 Å². The molecule has 3 rings (SSSR count). The number of hydrogen-bond acceptors (Lipinski definition) is 4. The number of hydrogen-bond donors (Lipinski definition) is 1. The predicted molar refractivity (Wildman–Crippen MR) is 102 cm³/mol. The van der Waals surface area contributed by atoms with Gasteiger partial charge in [0, 0.05) is 5.71 Å². The average molecular weight is 412 g/mol. The van der Waals surface area contributed by atoms with Crippen molar-refractivity contribution in [1.29, 1.82) is 0 Å². The highest BCUT2D eigenvalue weighted by Crippen LogP contribution is 2.52. The number of para-hydroxylation sites is 1. The second-order valence-corrected chi connectivity index (χ2v) is 8.49. The lowest BCUT2D eigenvalue weighted by Crippen LogP contribution is -2.62. The van der Waals surface area contributed by atoms with Gasteiger partial charge < -0.3 is 9.84 Å². The number of alkyl halides is 3. The second-order valence-electron chi connectivity index (χ2n) is 8.49. The van der Waals surface area contributed by atoms with E-state index in [0.717, 1.165) is 6.42 Å². The Hall–Kier alpha value is -2.09. The molecule has 160 valence electrons. The highest BCUT2D eigenvalue weighted by Gasteiger charge is 2.69. The minimum absolute atomic E-state index is 0.000876. The van der Waals surface area contributed by atoms with Crippen LogP contribution in [0.4, 0.5) is 13.2 Å². The van der Waals surface area contributed by atoms with Gasteiger partial charge >= 0.3 is 6.18 Å². The van der Waals surface area contributed by atoms with E-state index in [1.807, 2.05) is 20.8 Å². The normalized spacial score (nSPS) is 27.4. The zero-order valence-electron chi connectivity index (χ0n) is 16.9. The first-order valence-corrected chi connectivity index (χ1v) is 9.88. The molecule has 1 aliphatic heterocycles. The Bertz CT molecular complexity index is 779. The van der Waals surface area contributed by atoms with Crippen molar-refractivity contribution in [2.75, 3.05) is 6.61 Å². The largest absolute Gasteiger partial charge is 0.484 e. The van der Waals surface area contributed by atoms with Gasteiger partial charge in [-0.25, -0.2) is 0 Å². The highest BCUT2D eigenvalue weighted by molar-refractivity contribution is 5.93. The van der Waals surface area contributed by atoms with Crippen molar-refractivity contribution in [1.82, 2.24) is 5.01 Å². The Kier molecular flexibility index (Phi) is 5.69. The lowest BCUT2D eigenvalue weighted by atomic mass is 9.64. The van der Waals surface area contributed by atoms with Crippen LogP contribution in [0.5, 0.6) is 5.75 Å². The van der Waals surface area contributed by atoms with E-state index < -0.39 is 30.3 Å². The van der Waals surface area contributed by atoms with Crippen molar-refractivity contribution in [2.45, 2.75) is 58.4 Å². The van der Waals surface area contributed by atoms with Gasteiger partial charge in [0.15, 0.2) is 6.61 Å². The fourth-order valence-corrected chi connectivity index (χ4v) is 4.19. The monoisotopic (exact) mass is 412 g/mol. The summed E-state index contributed by atoms with van der Waals surface area (Å²) in [6, 6.07) is 8.31. The standard InChI is InChI=1S/C21H27F3N2O3/c1-4-19(2,3)14-10-11-17-16(12-14)20(28,21(22,23)24)26(25-17)18(27)13-29-15-8-6-5-7-9-15/h5-9,14,16,28H,4,10-13H2,1-3H3/t14-,16+,20-/m1/s1. The molecule has 0 aromatic heterocycles. The van der Waals surface area contributed by atoms with Gasteiger partial charge in [-0.2, -0.15) is 23.3 Å². The molecule has 1 aromatic rings. The van der Waals surface area contributed by atoms with Gasteiger partial charge in [-0.05, 0) is 42.7 Å². The van der Waals surface area contributed by atoms with E-state index in [-0.39, 0.29) is 28.5 Å². The summed E-state index contributed by atoms with van der Waals surface area (Å²) >= 11 is 0. The molecular weight excluding hydrogens is 385 g/mol. The van der Waals surface area contributed by atoms with E-state index in [9.17, 15) is 23.1 Å². The van der Waals surface area contributed by atoms with Crippen molar-refractivity contribution in [3.63, 3.8) is 0 Å². The molecule has 1 aromatic carbocycles. The molecule has 1 aliphatic carbocycles. The molecule has 3 atom stereocenters. The summed E-state index contributed by atoms with van der Waals surface area (Å²) in [6.45, 7) is 5.41. The zero-order chi connectivity index (χ0) is 21.4. The van der Waals surface area contributed by atoms with Gasteiger partial charge in [0.2, 0.25) is 0 Å². The van der Waals surface area contributed by atoms with Gasteiger partial charge in [-0.1, -0.05) is 45.4 Å². The Morgan fingerprint density at radius 1 is 1.31 bits per heavy atom. The maximum atomic E-state index is 14.0. The summed E-state index contributed by atoms with van der Waals surface area (Å²) in [5.74, 6) is -1.93. The van der Waals surface area contributed by atoms with Crippen molar-refractivity contribution >= 4 is 11.6 Å². The topological polar surface area (TPSA) is 62.1 Å². The SMILES string of the molecule is CCC(C)(C)[C@@H]1CCC2=NN(C(=O)COc3ccccc3)[C@](O)(C(F)(F)F)[C@H]2C1. The van der Waals surface area contributed by atoms with E-state index in [4.69, 9.17) is 4.74 Å². The molecule has 5 nitrogen and oxygen atoms in total. The Morgan fingerprint density at radius 2 is 1.97 bits per heavy atom. The van der Waals surface area contributed by atoms with E-state index in [1.165, 1.54) is 0 Å². The maximum absolute atomic E-state index is 14.0. The molecule has 1 fully saturated rings. The highest BCUT2D eigenvalue weighted by atomic mass is 19.4. The van der Waals surface area contributed by atoms with Crippen LogP contribution in [0.3, 0.4) is 0 Å². The molecule has 0 bridgehead atoms. The minimum Gasteiger partial charge on any atom is -0.484 e. The number of halogens is 3. The third kappa shape index (κ3) is 3.86. The van der Waals surface area contributed by atoms with Crippen LogP contribution in [-0.2, 0) is 4.79 Å². The van der Waals surface area contributed by atoms with Crippen LogP contribution < -0.4 is 4.74 Å². The number of ether oxygens (including phenoxy) is 1. The van der Waals surface area contributed by atoms with Crippen LogP contribution in [-0.4, -0.2) is 40.2 Å². The van der Waals surface area contributed by atoms with Crippen molar-refractivity contribution in [3.05, 3.63) is 30.3 Å². The number of benzene rings is 1. The number of aliphatic hydroxyl groups is 1. The summed E-state index contributed by atoms with van der Waals surface area (Å²) in [5.41, 5.74) is -3.27. The summed E-state index contributed by atoms with van der Waals surface area (Å²) in [6.07, 6.45) is -3.06. The predicted octanol–water partition coefficient (Wildman–Crippen LogP) is 4.37. The third-order valence-corrected chi connectivity index (χ3v) is 6.48. The van der Waals surface area contributed by atoms with E-state index >= 15 is 0 Å². The Morgan fingerprint density at radius 3 is 2.55 bits per heavy atom. The quantitative estimate of drug-likeness (QED) is 0.781. The van der Waals surface area contributed by atoms with Crippen LogP contribution in [0.15, 0.2) is 35.4 Å². The number of carbonyl (C=O) groups is 1. The van der Waals surface area contributed by atoms with Crippen molar-refractivity contribution < 1.29 is 27.8 Å². The molecule has 29 heavy (non-hydrogen) atoms. The maximum Gasteiger partial charge on any atom is 0.439 e. The summed E-state index contributed by atoms with van der Waals surface area (Å²) < 4.78 is 47.4. The van der Waals surface area contributed by atoms with Gasteiger partial charge in [-0.3, -0.25) is 4.79 Å². The van der Waals surface area contributed by atoms with E-state index in [2.05, 4.69) is 5.10 Å². The first kappa shape index (κ1) is 21.6. The molecule has 0 unspecified atom stereocenters. The summed E-state index contributed by atoms with van der Waals surface area (Å²) in [5, 5.41) is 15.0. The smallest absolute Gasteiger partial charge is 0.439 e. The lowest BCUT2D eigenvalue weighted by Gasteiger charge is -2.43. The molecule has 0 spiro atoms. The zero-order valence-corrected chi connectivity index (χ0v) is 16.9. The number of hydrazone groups is 1. The van der Waals surface area contributed by atoms with Gasteiger partial charge in [-0.15, -0.1) is 0 Å². The molecule has 1 amide bonds. The summed E-state index contributed by atoms with van der Waals surface area (Å²) in [7, 11) is 0. The third-order valence-electron chi connectivity index (χ3n) is 6.48. The molecule has 2 aliphatic rings. The molecule has 1 heterocycles. The lowest BCUT2D eigenvalue weighted by molar-refractivity contribution is -0.318. The fraction of sp³-hybridized carbons (Fsp3) is 0.619. The first-order valence-electron chi connectivity index (χ1n) is 9.88. The molecule has 0 saturated heterocycles. The minimum atomic E-state index is -5.04. The molecular formula is C21H27F3N2O3. The second kappa shape index (κ2) is 7.63. The van der Waals surface area contributed by atoms with Gasteiger partial charge in [0.05, 0.1) is 5.92 Å². The fourth-order valence-electron chi connectivity index (χ4n) is 4.19. The first-order chi connectivity index (χ1) is 13.5. The molecule has 1 N–H and O–H groups in total. The van der Waals surface area contributed by atoms with Gasteiger partial charge in [0.1, 0.15) is 5.75 Å². The van der Waals surface area contributed by atoms with Crippen LogP contribution in [0.2, 0.25) is 0 Å². The van der Waals surface area contributed by atoms with Crippen LogP contribution in [0.25, 0.3) is 0 Å². The molecule has 8 heteroatoms. The number of fused-ring (bicyclic) bond motifs is 1. The molecule has 0 radical (unpaired) electrons. The Labute approximate surface area is 168 Å². The number of amides is 1. The van der Waals surface area contributed by atoms with Crippen molar-refractivity contribution in [3.8, 4) is 5.75 Å². The van der Waals surface area contributed by atoms with Crippen LogP contribution in [0.1, 0.15) is 46.5 Å². The summed E-state index contributed by atoms with van der Waals surface area (Å²) in [4.78, 5) is 12.6. The Balaban J connectivity index is 1.84.